The molecule has 2 heterocycles. The number of rotatable bonds is 1. The second-order valence-electron chi connectivity index (χ2n) is 2.53. The van der Waals surface area contributed by atoms with Crippen molar-refractivity contribution in [1.82, 2.24) is 14.5 Å². The van der Waals surface area contributed by atoms with Crippen LogP contribution in [0.25, 0.3) is 11.2 Å². The number of nitrogens with zero attached hydrogens (tertiary/aromatic N) is 3. The lowest BCUT2D eigenvalue weighted by Gasteiger charge is -2.00. The fraction of sp³-hybridized carbons (Fsp3) is 0.143. The van der Waals surface area contributed by atoms with Crippen molar-refractivity contribution < 1.29 is 8.78 Å². The normalized spacial score (nSPS) is 11.5. The summed E-state index contributed by atoms with van der Waals surface area (Å²) in [6.45, 7) is -2.67. The predicted molar refractivity (Wildman–Crippen MR) is 51.5 cm³/mol. The third-order valence-corrected chi connectivity index (χ3v) is 2.32. The van der Waals surface area contributed by atoms with Crippen LogP contribution in [0.3, 0.4) is 0 Å². The van der Waals surface area contributed by atoms with Crippen LogP contribution in [0, 0.1) is 0 Å². The first-order valence-corrected chi connectivity index (χ1v) is 4.73. The molecule has 0 aliphatic rings. The molecule has 2 aromatic rings. The van der Waals surface area contributed by atoms with Gasteiger partial charge in [-0.2, -0.15) is 8.78 Å². The molecular formula is C7H3BrClF2N3. The SMILES string of the molecule is FC(F)n1cc(Cl)c2nc(Br)cnc21. The maximum absolute atomic E-state index is 12.4. The second-order valence-corrected chi connectivity index (χ2v) is 3.75. The van der Waals surface area contributed by atoms with Crippen LogP contribution >= 0.6 is 27.5 Å². The molecule has 14 heavy (non-hydrogen) atoms. The monoisotopic (exact) mass is 281 g/mol. The van der Waals surface area contributed by atoms with Crippen molar-refractivity contribution in [2.45, 2.75) is 6.55 Å². The zero-order chi connectivity index (χ0) is 10.3. The number of halogens is 4. The molecule has 0 aliphatic heterocycles. The van der Waals surface area contributed by atoms with Gasteiger partial charge in [-0.25, -0.2) is 9.97 Å². The van der Waals surface area contributed by atoms with E-state index in [1.54, 1.807) is 0 Å². The highest BCUT2D eigenvalue weighted by Gasteiger charge is 2.15. The molecule has 0 spiro atoms. The van der Waals surface area contributed by atoms with Gasteiger partial charge in [-0.1, -0.05) is 11.6 Å². The van der Waals surface area contributed by atoms with E-state index in [9.17, 15) is 8.78 Å². The van der Waals surface area contributed by atoms with Gasteiger partial charge in [0.1, 0.15) is 10.1 Å². The summed E-state index contributed by atoms with van der Waals surface area (Å²) in [5.41, 5.74) is 0.342. The summed E-state index contributed by atoms with van der Waals surface area (Å²) in [6.07, 6.45) is 2.46. The Balaban J connectivity index is 2.77. The van der Waals surface area contributed by atoms with Crippen LogP contribution in [0.5, 0.6) is 0 Å². The first-order chi connectivity index (χ1) is 6.59. The standard InChI is InChI=1S/C7H3BrClF2N3/c8-4-1-12-6-5(13-4)3(9)2-14(6)7(10)11/h1-2,7H. The third-order valence-electron chi connectivity index (χ3n) is 1.66. The number of aromatic nitrogens is 3. The third kappa shape index (κ3) is 1.48. The molecule has 0 aromatic carbocycles. The minimum absolute atomic E-state index is 0.0770. The topological polar surface area (TPSA) is 30.7 Å². The molecule has 0 fully saturated rings. The van der Waals surface area contributed by atoms with Crippen LogP contribution in [-0.4, -0.2) is 14.5 Å². The van der Waals surface area contributed by atoms with Crippen LogP contribution in [0.1, 0.15) is 6.55 Å². The minimum Gasteiger partial charge on any atom is -0.272 e. The quantitative estimate of drug-likeness (QED) is 0.804. The van der Waals surface area contributed by atoms with E-state index in [0.29, 0.717) is 9.17 Å². The Hall–Kier alpha value is -0.750. The van der Waals surface area contributed by atoms with E-state index >= 15 is 0 Å². The van der Waals surface area contributed by atoms with Crippen molar-refractivity contribution in [3.8, 4) is 0 Å². The van der Waals surface area contributed by atoms with Gasteiger partial charge >= 0.3 is 6.55 Å². The number of hydrogen-bond donors (Lipinski definition) is 0. The molecule has 0 aliphatic carbocycles. The van der Waals surface area contributed by atoms with Crippen LogP contribution in [0.15, 0.2) is 17.0 Å². The van der Waals surface area contributed by atoms with E-state index in [2.05, 4.69) is 25.9 Å². The average Bonchev–Trinajstić information content (AvgIpc) is 2.44. The molecule has 0 amide bonds. The van der Waals surface area contributed by atoms with Crippen LogP contribution in [0.4, 0.5) is 8.78 Å². The zero-order valence-corrected chi connectivity index (χ0v) is 8.93. The molecule has 0 N–H and O–H groups in total. The molecular weight excluding hydrogens is 279 g/mol. The zero-order valence-electron chi connectivity index (χ0n) is 6.59. The predicted octanol–water partition coefficient (Wildman–Crippen LogP) is 3.24. The molecule has 0 unspecified atom stereocenters. The summed E-state index contributed by atoms with van der Waals surface area (Å²) in [5.74, 6) is 0. The molecule has 0 atom stereocenters. The van der Waals surface area contributed by atoms with Gasteiger partial charge in [-0.15, -0.1) is 0 Å². The van der Waals surface area contributed by atoms with E-state index in [-0.39, 0.29) is 16.2 Å². The molecule has 0 radical (unpaired) electrons. The Labute approximate surface area is 90.8 Å². The molecule has 0 bridgehead atoms. The van der Waals surface area contributed by atoms with Gasteiger partial charge in [0.15, 0.2) is 5.65 Å². The molecule has 3 nitrogen and oxygen atoms in total. The Bertz CT molecular complexity index is 485. The maximum Gasteiger partial charge on any atom is 0.320 e. The van der Waals surface area contributed by atoms with E-state index in [0.717, 1.165) is 6.20 Å². The van der Waals surface area contributed by atoms with Crippen molar-refractivity contribution in [1.29, 1.82) is 0 Å². The Morgan fingerprint density at radius 1 is 1.50 bits per heavy atom. The Morgan fingerprint density at radius 3 is 2.86 bits per heavy atom. The van der Waals surface area contributed by atoms with Gasteiger partial charge in [-0.05, 0) is 15.9 Å². The van der Waals surface area contributed by atoms with Gasteiger partial charge in [0.05, 0.1) is 11.2 Å². The van der Waals surface area contributed by atoms with Gasteiger partial charge < -0.3 is 0 Å². The Morgan fingerprint density at radius 2 is 2.21 bits per heavy atom. The summed E-state index contributed by atoms with van der Waals surface area (Å²) in [7, 11) is 0. The largest absolute Gasteiger partial charge is 0.320 e. The smallest absolute Gasteiger partial charge is 0.272 e. The second kappa shape index (κ2) is 3.43. The van der Waals surface area contributed by atoms with Crippen molar-refractivity contribution in [2.24, 2.45) is 0 Å². The van der Waals surface area contributed by atoms with Crippen LogP contribution in [0.2, 0.25) is 5.02 Å². The van der Waals surface area contributed by atoms with Gasteiger partial charge in [0.2, 0.25) is 0 Å². The van der Waals surface area contributed by atoms with Gasteiger partial charge in [-0.3, -0.25) is 4.57 Å². The van der Waals surface area contributed by atoms with E-state index in [1.165, 1.54) is 6.20 Å². The summed E-state index contributed by atoms with van der Waals surface area (Å²) < 4.78 is 26.0. The molecule has 0 saturated heterocycles. The molecule has 7 heteroatoms. The van der Waals surface area contributed by atoms with Crippen molar-refractivity contribution >= 4 is 38.7 Å². The Kier molecular flexibility index (Phi) is 2.40. The first kappa shape index (κ1) is 9.79. The summed E-state index contributed by atoms with van der Waals surface area (Å²) in [5, 5.41) is 0.161. The summed E-state index contributed by atoms with van der Waals surface area (Å²) in [4.78, 5) is 7.76. The maximum atomic E-state index is 12.4. The molecule has 2 aromatic heterocycles. The minimum atomic E-state index is -2.67. The fourth-order valence-corrected chi connectivity index (χ4v) is 1.62. The van der Waals surface area contributed by atoms with Gasteiger partial charge in [0.25, 0.3) is 0 Å². The van der Waals surface area contributed by atoms with E-state index in [4.69, 9.17) is 11.6 Å². The van der Waals surface area contributed by atoms with Crippen molar-refractivity contribution in [2.75, 3.05) is 0 Å². The lowest BCUT2D eigenvalue weighted by atomic mass is 10.5. The highest BCUT2D eigenvalue weighted by molar-refractivity contribution is 9.10. The lowest BCUT2D eigenvalue weighted by molar-refractivity contribution is 0.0746. The van der Waals surface area contributed by atoms with Gasteiger partial charge in [0, 0.05) is 6.20 Å². The molecule has 2 rings (SSSR count). The fourth-order valence-electron chi connectivity index (χ4n) is 1.10. The van der Waals surface area contributed by atoms with E-state index < -0.39 is 6.55 Å². The van der Waals surface area contributed by atoms with Crippen molar-refractivity contribution in [3.63, 3.8) is 0 Å². The number of fused-ring (bicyclic) bond motifs is 1. The van der Waals surface area contributed by atoms with Crippen LogP contribution in [-0.2, 0) is 0 Å². The molecule has 0 saturated carbocycles. The van der Waals surface area contributed by atoms with Crippen LogP contribution < -0.4 is 0 Å². The molecule has 74 valence electrons. The first-order valence-electron chi connectivity index (χ1n) is 3.56. The highest BCUT2D eigenvalue weighted by Crippen LogP contribution is 2.27. The van der Waals surface area contributed by atoms with Crippen molar-refractivity contribution in [3.05, 3.63) is 22.0 Å². The summed E-state index contributed by atoms with van der Waals surface area (Å²) >= 11 is 8.80. The summed E-state index contributed by atoms with van der Waals surface area (Å²) in [6, 6.07) is 0. The number of hydrogen-bond acceptors (Lipinski definition) is 2. The highest BCUT2D eigenvalue weighted by atomic mass is 79.9. The van der Waals surface area contributed by atoms with E-state index in [1.807, 2.05) is 0 Å². The average molecular weight is 282 g/mol. The lowest BCUT2D eigenvalue weighted by Crippen LogP contribution is -1.97. The number of alkyl halides is 2.